The molecule has 2 aliphatic heterocycles. The summed E-state index contributed by atoms with van der Waals surface area (Å²) in [5.41, 5.74) is 1.02. The van der Waals surface area contributed by atoms with Crippen molar-refractivity contribution in [2.75, 3.05) is 40.0 Å². The van der Waals surface area contributed by atoms with Gasteiger partial charge in [0, 0.05) is 20.1 Å². The highest BCUT2D eigenvalue weighted by Crippen LogP contribution is 2.31. The zero-order chi connectivity index (χ0) is 14.7. The van der Waals surface area contributed by atoms with E-state index in [4.69, 9.17) is 14.2 Å². The molecule has 0 radical (unpaired) electrons. The maximum absolute atomic E-state index is 12.3. The van der Waals surface area contributed by atoms with Crippen LogP contribution in [-0.2, 0) is 16.1 Å². The summed E-state index contributed by atoms with van der Waals surface area (Å²) >= 11 is 0. The number of carbonyl (C=O) groups is 1. The second-order valence-corrected chi connectivity index (χ2v) is 5.25. The number of amides is 1. The van der Waals surface area contributed by atoms with Gasteiger partial charge in [0.05, 0.1) is 13.2 Å². The molecule has 6 heteroatoms. The Morgan fingerprint density at radius 2 is 2.10 bits per heavy atom. The molecule has 0 aliphatic carbocycles. The number of nitrogens with one attached hydrogen (secondary N) is 1. The Kier molecular flexibility index (Phi) is 4.26. The van der Waals surface area contributed by atoms with Crippen LogP contribution in [-0.4, -0.2) is 56.9 Å². The number of likely N-dealkylation sites (N-methyl/N-ethyl adjacent to an activating group) is 1. The van der Waals surface area contributed by atoms with Gasteiger partial charge in [0.25, 0.3) is 0 Å². The molecule has 3 rings (SSSR count). The zero-order valence-corrected chi connectivity index (χ0v) is 12.1. The Balaban J connectivity index is 1.63. The highest BCUT2D eigenvalue weighted by atomic mass is 16.6. The Morgan fingerprint density at radius 3 is 2.86 bits per heavy atom. The molecule has 0 saturated carbocycles. The molecule has 0 aromatic heterocycles. The van der Waals surface area contributed by atoms with E-state index in [9.17, 15) is 4.79 Å². The molecule has 2 heterocycles. The summed E-state index contributed by atoms with van der Waals surface area (Å²) in [6.45, 7) is 3.49. The van der Waals surface area contributed by atoms with E-state index in [2.05, 4.69) is 5.32 Å². The first-order valence-electron chi connectivity index (χ1n) is 7.18. The van der Waals surface area contributed by atoms with Gasteiger partial charge in [-0.15, -0.1) is 0 Å². The van der Waals surface area contributed by atoms with Crippen molar-refractivity contribution >= 4 is 5.91 Å². The highest BCUT2D eigenvalue weighted by molar-refractivity contribution is 5.81. The van der Waals surface area contributed by atoms with Crippen molar-refractivity contribution in [1.82, 2.24) is 10.2 Å². The number of benzene rings is 1. The van der Waals surface area contributed by atoms with E-state index in [0.29, 0.717) is 39.5 Å². The molecule has 21 heavy (non-hydrogen) atoms. The van der Waals surface area contributed by atoms with Crippen LogP contribution < -0.4 is 14.8 Å². The van der Waals surface area contributed by atoms with Gasteiger partial charge in [-0.25, -0.2) is 0 Å². The lowest BCUT2D eigenvalue weighted by Gasteiger charge is -2.28. The van der Waals surface area contributed by atoms with Crippen molar-refractivity contribution in [3.63, 3.8) is 0 Å². The summed E-state index contributed by atoms with van der Waals surface area (Å²) in [7, 11) is 1.80. The minimum Gasteiger partial charge on any atom is -0.486 e. The fraction of sp³-hybridized carbons (Fsp3) is 0.533. The van der Waals surface area contributed by atoms with Gasteiger partial charge in [-0.05, 0) is 17.7 Å². The van der Waals surface area contributed by atoms with Gasteiger partial charge in [-0.3, -0.25) is 4.79 Å². The Morgan fingerprint density at radius 1 is 1.29 bits per heavy atom. The van der Waals surface area contributed by atoms with Gasteiger partial charge in [0.15, 0.2) is 11.5 Å². The quantitative estimate of drug-likeness (QED) is 0.874. The fourth-order valence-electron chi connectivity index (χ4n) is 2.53. The van der Waals surface area contributed by atoms with Gasteiger partial charge >= 0.3 is 0 Å². The molecule has 114 valence electrons. The monoisotopic (exact) mass is 292 g/mol. The molecule has 6 nitrogen and oxygen atoms in total. The second kappa shape index (κ2) is 6.32. The Labute approximate surface area is 124 Å². The molecule has 0 bridgehead atoms. The van der Waals surface area contributed by atoms with Gasteiger partial charge in [-0.1, -0.05) is 6.07 Å². The van der Waals surface area contributed by atoms with E-state index in [1.165, 1.54) is 0 Å². The summed E-state index contributed by atoms with van der Waals surface area (Å²) in [5.74, 6) is 1.56. The van der Waals surface area contributed by atoms with Crippen molar-refractivity contribution in [3.05, 3.63) is 23.8 Å². The molecular formula is C15H20N2O4. The summed E-state index contributed by atoms with van der Waals surface area (Å²) in [5, 5.41) is 3.17. The van der Waals surface area contributed by atoms with Crippen LogP contribution in [0.5, 0.6) is 11.5 Å². The van der Waals surface area contributed by atoms with Gasteiger partial charge < -0.3 is 24.4 Å². The minimum atomic E-state index is -0.249. The molecule has 1 N–H and O–H groups in total. The van der Waals surface area contributed by atoms with Crippen LogP contribution in [0.15, 0.2) is 18.2 Å². The van der Waals surface area contributed by atoms with Crippen LogP contribution in [0.2, 0.25) is 0 Å². The van der Waals surface area contributed by atoms with Crippen molar-refractivity contribution in [2.45, 2.75) is 12.6 Å². The highest BCUT2D eigenvalue weighted by Gasteiger charge is 2.24. The molecule has 1 aromatic rings. The maximum atomic E-state index is 12.3. The van der Waals surface area contributed by atoms with Crippen molar-refractivity contribution in [3.8, 4) is 11.5 Å². The predicted octanol–water partition coefficient (Wildman–Crippen LogP) is 0.405. The molecule has 1 saturated heterocycles. The number of hydrogen-bond donors (Lipinski definition) is 1. The molecule has 1 unspecified atom stereocenters. The summed E-state index contributed by atoms with van der Waals surface area (Å²) in [4.78, 5) is 14.0. The normalized spacial score (nSPS) is 20.9. The van der Waals surface area contributed by atoms with Crippen molar-refractivity contribution in [1.29, 1.82) is 0 Å². The first kappa shape index (κ1) is 14.2. The number of carbonyl (C=O) groups excluding carboxylic acids is 1. The standard InChI is InChI=1S/C15H20N2O4/c1-17(15(18)12-10-19-5-4-16-12)9-11-2-3-13-14(8-11)21-7-6-20-13/h2-3,8,12,16H,4-7,9-10H2,1H3. The third-order valence-corrected chi connectivity index (χ3v) is 3.62. The number of nitrogens with zero attached hydrogens (tertiary/aromatic N) is 1. The number of ether oxygens (including phenoxy) is 3. The van der Waals surface area contributed by atoms with Crippen LogP contribution in [0, 0.1) is 0 Å². The number of rotatable bonds is 3. The first-order chi connectivity index (χ1) is 10.2. The van der Waals surface area contributed by atoms with E-state index in [0.717, 1.165) is 17.1 Å². The van der Waals surface area contributed by atoms with E-state index in [-0.39, 0.29) is 11.9 Å². The molecule has 0 spiro atoms. The van der Waals surface area contributed by atoms with E-state index >= 15 is 0 Å². The SMILES string of the molecule is CN(Cc1ccc2c(c1)OCCO2)C(=O)C1COCCN1. The predicted molar refractivity (Wildman–Crippen MR) is 76.5 cm³/mol. The molecule has 1 atom stereocenters. The molecule has 1 aromatic carbocycles. The topological polar surface area (TPSA) is 60.0 Å². The second-order valence-electron chi connectivity index (χ2n) is 5.25. The largest absolute Gasteiger partial charge is 0.486 e. The van der Waals surface area contributed by atoms with Gasteiger partial charge in [0.2, 0.25) is 5.91 Å². The average molecular weight is 292 g/mol. The van der Waals surface area contributed by atoms with Crippen molar-refractivity contribution in [2.24, 2.45) is 0 Å². The Hall–Kier alpha value is -1.79. The molecule has 1 fully saturated rings. The fourth-order valence-corrected chi connectivity index (χ4v) is 2.53. The summed E-state index contributed by atoms with van der Waals surface area (Å²) in [6.07, 6.45) is 0. The third kappa shape index (κ3) is 3.28. The Bertz CT molecular complexity index is 514. The van der Waals surface area contributed by atoms with E-state index < -0.39 is 0 Å². The van der Waals surface area contributed by atoms with E-state index in [1.54, 1.807) is 11.9 Å². The van der Waals surface area contributed by atoms with Gasteiger partial charge in [0.1, 0.15) is 19.3 Å². The van der Waals surface area contributed by atoms with Crippen LogP contribution in [0.1, 0.15) is 5.56 Å². The smallest absolute Gasteiger partial charge is 0.242 e. The lowest BCUT2D eigenvalue weighted by Crippen LogP contribution is -2.51. The number of fused-ring (bicyclic) bond motifs is 1. The van der Waals surface area contributed by atoms with Gasteiger partial charge in [-0.2, -0.15) is 0 Å². The first-order valence-corrected chi connectivity index (χ1v) is 7.18. The molecule has 2 aliphatic rings. The van der Waals surface area contributed by atoms with Crippen LogP contribution in [0.3, 0.4) is 0 Å². The third-order valence-electron chi connectivity index (χ3n) is 3.62. The number of morpholine rings is 1. The lowest BCUT2D eigenvalue weighted by atomic mass is 10.1. The summed E-state index contributed by atoms with van der Waals surface area (Å²) in [6, 6.07) is 5.54. The molecule has 1 amide bonds. The van der Waals surface area contributed by atoms with Crippen LogP contribution in [0.4, 0.5) is 0 Å². The van der Waals surface area contributed by atoms with Crippen LogP contribution in [0.25, 0.3) is 0 Å². The lowest BCUT2D eigenvalue weighted by molar-refractivity contribution is -0.135. The average Bonchev–Trinajstić information content (AvgIpc) is 2.55. The zero-order valence-electron chi connectivity index (χ0n) is 12.1. The minimum absolute atomic E-state index is 0.0459. The van der Waals surface area contributed by atoms with Crippen LogP contribution >= 0.6 is 0 Å². The van der Waals surface area contributed by atoms with Crippen molar-refractivity contribution < 1.29 is 19.0 Å². The van der Waals surface area contributed by atoms with E-state index in [1.807, 2.05) is 18.2 Å². The molecular weight excluding hydrogens is 272 g/mol. The summed E-state index contributed by atoms with van der Waals surface area (Å²) < 4.78 is 16.4. The number of hydrogen-bond acceptors (Lipinski definition) is 5. The maximum Gasteiger partial charge on any atom is 0.242 e.